The maximum absolute atomic E-state index is 13.9. The molecule has 0 atom stereocenters. The van der Waals surface area contributed by atoms with Crippen LogP contribution in [0.1, 0.15) is 60.5 Å². The summed E-state index contributed by atoms with van der Waals surface area (Å²) in [6, 6.07) is 17.3. The van der Waals surface area contributed by atoms with Gasteiger partial charge in [-0.2, -0.15) is 0 Å². The Morgan fingerprint density at radius 3 is 1.14 bits per heavy atom. The molecule has 2 saturated heterocycles. The standard InChI is InChI=1S/C43H50N6O6.2ClH/c1-28-22-34(23-29(2)32(28)5)38-10-8-36(48(52)53)26-40(38)42(50)46-18-14-44(15-19-46)12-7-13-45-16-20-47(21-17-45)43(51)41-27-37(49(54)55)9-11-39(41)35-24-30(3)33(6)31(4)25-35;;/h8-11,22-27H,7,12-21H2,1-6H3;2*1H. The molecule has 0 saturated carbocycles. The molecule has 2 aliphatic heterocycles. The summed E-state index contributed by atoms with van der Waals surface area (Å²) >= 11 is 0. The quantitative estimate of drug-likeness (QED) is 0.116. The summed E-state index contributed by atoms with van der Waals surface area (Å²) in [6.45, 7) is 19.0. The summed E-state index contributed by atoms with van der Waals surface area (Å²) in [7, 11) is 0. The van der Waals surface area contributed by atoms with Gasteiger partial charge in [-0.25, -0.2) is 0 Å². The van der Waals surface area contributed by atoms with Crippen LogP contribution in [0.5, 0.6) is 0 Å². The van der Waals surface area contributed by atoms with Crippen LogP contribution in [0.3, 0.4) is 0 Å². The lowest BCUT2D eigenvalue weighted by molar-refractivity contribution is -0.385. The van der Waals surface area contributed by atoms with Gasteiger partial charge >= 0.3 is 0 Å². The highest BCUT2D eigenvalue weighted by Gasteiger charge is 2.28. The van der Waals surface area contributed by atoms with Gasteiger partial charge in [0.1, 0.15) is 0 Å². The highest BCUT2D eigenvalue weighted by molar-refractivity contribution is 6.02. The molecule has 0 unspecified atom stereocenters. The van der Waals surface area contributed by atoms with E-state index in [0.717, 1.165) is 52.9 Å². The molecule has 0 spiro atoms. The summed E-state index contributed by atoms with van der Waals surface area (Å²) in [5.41, 5.74) is 10.5. The molecule has 0 N–H and O–H groups in total. The van der Waals surface area contributed by atoms with Crippen molar-refractivity contribution >= 4 is 48.0 Å². The summed E-state index contributed by atoms with van der Waals surface area (Å²) in [4.78, 5) is 58.5. The van der Waals surface area contributed by atoms with Crippen molar-refractivity contribution in [2.24, 2.45) is 0 Å². The third kappa shape index (κ3) is 9.99. The van der Waals surface area contributed by atoms with Crippen molar-refractivity contribution in [2.45, 2.75) is 48.0 Å². The van der Waals surface area contributed by atoms with Crippen molar-refractivity contribution in [1.82, 2.24) is 19.6 Å². The van der Waals surface area contributed by atoms with Crippen molar-refractivity contribution in [1.29, 1.82) is 0 Å². The van der Waals surface area contributed by atoms with Crippen molar-refractivity contribution < 1.29 is 19.4 Å². The lowest BCUT2D eigenvalue weighted by atomic mass is 9.93. The largest absolute Gasteiger partial charge is 0.336 e. The number of carbonyl (C=O) groups excluding carboxylic acids is 2. The first-order valence-corrected chi connectivity index (χ1v) is 19.0. The molecule has 57 heavy (non-hydrogen) atoms. The number of halogens is 2. The Kier molecular flexibility index (Phi) is 15.0. The van der Waals surface area contributed by atoms with E-state index in [1.807, 2.05) is 52.0 Å². The van der Waals surface area contributed by atoms with Gasteiger partial charge in [0.15, 0.2) is 0 Å². The van der Waals surface area contributed by atoms with E-state index in [2.05, 4.69) is 23.6 Å². The predicted octanol–water partition coefficient (Wildman–Crippen LogP) is 8.14. The van der Waals surface area contributed by atoms with E-state index in [9.17, 15) is 29.8 Å². The van der Waals surface area contributed by atoms with Crippen LogP contribution in [-0.2, 0) is 0 Å². The van der Waals surface area contributed by atoms with Gasteiger partial charge in [0, 0.05) is 76.6 Å². The predicted molar refractivity (Wildman–Crippen MR) is 229 cm³/mol. The lowest BCUT2D eigenvalue weighted by Crippen LogP contribution is -2.50. The number of piperazine rings is 2. The van der Waals surface area contributed by atoms with E-state index in [1.165, 1.54) is 35.4 Å². The fourth-order valence-electron chi connectivity index (χ4n) is 7.74. The minimum absolute atomic E-state index is 0. The van der Waals surface area contributed by atoms with Crippen LogP contribution < -0.4 is 0 Å². The van der Waals surface area contributed by atoms with E-state index in [0.29, 0.717) is 74.6 Å². The van der Waals surface area contributed by atoms with Gasteiger partial charge in [-0.3, -0.25) is 39.6 Å². The van der Waals surface area contributed by atoms with Gasteiger partial charge in [0.05, 0.1) is 21.0 Å². The van der Waals surface area contributed by atoms with Crippen LogP contribution in [0.25, 0.3) is 22.3 Å². The van der Waals surface area contributed by atoms with Crippen LogP contribution in [0.15, 0.2) is 60.7 Å². The lowest BCUT2D eigenvalue weighted by Gasteiger charge is -2.37. The number of aryl methyl sites for hydroxylation is 4. The maximum Gasteiger partial charge on any atom is 0.270 e. The van der Waals surface area contributed by atoms with E-state index in [-0.39, 0.29) is 48.0 Å². The SMILES string of the molecule is Cc1cc(-c2ccc([N+](=O)[O-])cc2C(=O)N2CCN(CCCN3CCN(C(=O)c4cc([N+](=O)[O-])ccc4-c4cc(C)c(C)c(C)c4)CC3)CC2)cc(C)c1C.Cl.Cl. The molecular weight excluding hydrogens is 767 g/mol. The zero-order valence-electron chi connectivity index (χ0n) is 33.5. The highest BCUT2D eigenvalue weighted by atomic mass is 35.5. The Bertz CT molecular complexity index is 1960. The fourth-order valence-corrected chi connectivity index (χ4v) is 7.74. The molecule has 304 valence electrons. The Balaban J connectivity index is 0.00000360. The van der Waals surface area contributed by atoms with Gasteiger partial charge in [-0.1, -0.05) is 24.3 Å². The van der Waals surface area contributed by atoms with Crippen molar-refractivity contribution in [3.63, 3.8) is 0 Å². The number of amides is 2. The number of hydrogen-bond donors (Lipinski definition) is 0. The molecule has 2 heterocycles. The van der Waals surface area contributed by atoms with E-state index in [4.69, 9.17) is 0 Å². The Morgan fingerprint density at radius 1 is 0.526 bits per heavy atom. The van der Waals surface area contributed by atoms with Crippen molar-refractivity contribution in [3.05, 3.63) is 125 Å². The first-order chi connectivity index (χ1) is 26.2. The van der Waals surface area contributed by atoms with E-state index < -0.39 is 9.85 Å². The molecular formula is C43H52Cl2N6O6. The van der Waals surface area contributed by atoms with Gasteiger partial charge in [0.25, 0.3) is 23.2 Å². The molecule has 14 heteroatoms. The molecule has 2 aliphatic rings. The average Bonchev–Trinajstić information content (AvgIpc) is 3.18. The summed E-state index contributed by atoms with van der Waals surface area (Å²) < 4.78 is 0. The fraction of sp³-hybridized carbons (Fsp3) is 0.395. The van der Waals surface area contributed by atoms with E-state index >= 15 is 0 Å². The molecule has 4 aromatic rings. The minimum Gasteiger partial charge on any atom is -0.336 e. The number of nitrogens with zero attached hydrogens (tertiary/aromatic N) is 6. The molecule has 2 fully saturated rings. The van der Waals surface area contributed by atoms with Crippen molar-refractivity contribution in [3.8, 4) is 22.3 Å². The molecule has 0 bridgehead atoms. The van der Waals surface area contributed by atoms with Crippen LogP contribution in [-0.4, -0.2) is 107 Å². The van der Waals surface area contributed by atoms with Crippen molar-refractivity contribution in [2.75, 3.05) is 65.4 Å². The Labute approximate surface area is 346 Å². The second-order valence-corrected chi connectivity index (χ2v) is 15.1. The van der Waals surface area contributed by atoms with Crippen LogP contribution in [0.4, 0.5) is 11.4 Å². The monoisotopic (exact) mass is 818 g/mol. The number of non-ortho nitro benzene ring substituents is 2. The topological polar surface area (TPSA) is 133 Å². The first kappa shape index (κ1) is 44.8. The summed E-state index contributed by atoms with van der Waals surface area (Å²) in [5, 5.41) is 23.3. The van der Waals surface area contributed by atoms with E-state index in [1.54, 1.807) is 21.9 Å². The second-order valence-electron chi connectivity index (χ2n) is 15.1. The third-order valence-corrected chi connectivity index (χ3v) is 11.6. The normalized spacial score (nSPS) is 14.8. The maximum atomic E-state index is 13.9. The first-order valence-electron chi connectivity index (χ1n) is 19.0. The molecule has 6 rings (SSSR count). The van der Waals surface area contributed by atoms with Crippen LogP contribution >= 0.6 is 24.8 Å². The second kappa shape index (κ2) is 19.0. The number of benzene rings is 4. The molecule has 12 nitrogen and oxygen atoms in total. The number of hydrogen-bond acceptors (Lipinski definition) is 8. The summed E-state index contributed by atoms with van der Waals surface area (Å²) in [5.74, 6) is -0.383. The van der Waals surface area contributed by atoms with Crippen LogP contribution in [0, 0.1) is 61.8 Å². The third-order valence-electron chi connectivity index (χ3n) is 11.6. The smallest absolute Gasteiger partial charge is 0.270 e. The molecule has 2 amide bonds. The molecule has 0 radical (unpaired) electrons. The number of rotatable bonds is 10. The van der Waals surface area contributed by atoms with Gasteiger partial charge in [0.2, 0.25) is 0 Å². The summed E-state index contributed by atoms with van der Waals surface area (Å²) in [6.07, 6.45) is 0.935. The Morgan fingerprint density at radius 2 is 0.842 bits per heavy atom. The highest BCUT2D eigenvalue weighted by Crippen LogP contribution is 2.33. The minimum atomic E-state index is -0.455. The van der Waals surface area contributed by atoms with Gasteiger partial charge in [-0.15, -0.1) is 24.8 Å². The molecule has 0 aromatic heterocycles. The zero-order valence-corrected chi connectivity index (χ0v) is 35.1. The van der Waals surface area contributed by atoms with Gasteiger partial charge in [-0.05, 0) is 129 Å². The van der Waals surface area contributed by atoms with Gasteiger partial charge < -0.3 is 9.80 Å². The van der Waals surface area contributed by atoms with Crippen LogP contribution in [0.2, 0.25) is 0 Å². The number of carbonyl (C=O) groups is 2. The number of nitro groups is 2. The molecule has 4 aromatic carbocycles. The number of nitro benzene ring substituents is 2. The zero-order chi connectivity index (χ0) is 39.6. The average molecular weight is 820 g/mol. The Hall–Kier alpha value is -4.88. The molecule has 0 aliphatic carbocycles.